The summed E-state index contributed by atoms with van der Waals surface area (Å²) in [6.45, 7) is 20.4. The Morgan fingerprint density at radius 2 is 0.795 bits per heavy atom. The molecule has 2 aliphatic rings. The minimum Gasteiger partial charge on any atom is -0.119 e. The van der Waals surface area contributed by atoms with E-state index >= 15 is 0 Å². The molecule has 0 nitrogen and oxygen atoms in total. The third kappa shape index (κ3) is 7.10. The molecule has 0 saturated heterocycles. The molecule has 39 heavy (non-hydrogen) atoms. The Morgan fingerprint density at radius 1 is 0.513 bits per heavy atom. The van der Waals surface area contributed by atoms with Gasteiger partial charge >= 0.3 is 0 Å². The standard InChI is InChI=1S/C16H12.C14H12.4C2H6.CH4/c1-3-16(2)14-10-6-4-8-12(14)13-9-5-7-11-15(13)16;1-10-11-6-2-4-8-13(11)14-9-5-3-7-12(10)14;4*1-2;/h1,4-11H,2H3;2-10H,1H3;4*1-2H3;1H4. The van der Waals surface area contributed by atoms with Crippen LogP contribution in [-0.2, 0) is 5.41 Å². The van der Waals surface area contributed by atoms with Crippen molar-refractivity contribution in [3.05, 3.63) is 119 Å². The molecule has 0 radical (unpaired) electrons. The van der Waals surface area contributed by atoms with Crippen LogP contribution in [0.25, 0.3) is 22.3 Å². The van der Waals surface area contributed by atoms with Crippen LogP contribution in [0.15, 0.2) is 97.1 Å². The van der Waals surface area contributed by atoms with Crippen molar-refractivity contribution in [1.82, 2.24) is 0 Å². The number of benzene rings is 4. The Hall–Kier alpha value is -3.56. The number of fused-ring (bicyclic) bond motifs is 6. The van der Waals surface area contributed by atoms with Gasteiger partial charge in [-0.2, -0.15) is 0 Å². The first-order valence-electron chi connectivity index (χ1n) is 14.5. The van der Waals surface area contributed by atoms with Crippen LogP contribution in [0.1, 0.15) is 105 Å². The van der Waals surface area contributed by atoms with E-state index in [1.165, 1.54) is 44.5 Å². The molecule has 0 saturated carbocycles. The van der Waals surface area contributed by atoms with Crippen molar-refractivity contribution in [2.75, 3.05) is 0 Å². The third-order valence-corrected chi connectivity index (χ3v) is 6.66. The molecular formula is C39H52. The van der Waals surface area contributed by atoms with Crippen molar-refractivity contribution >= 4 is 0 Å². The van der Waals surface area contributed by atoms with E-state index in [0.29, 0.717) is 5.92 Å². The fourth-order valence-electron chi connectivity index (χ4n) is 5.02. The van der Waals surface area contributed by atoms with Crippen molar-refractivity contribution in [1.29, 1.82) is 0 Å². The maximum absolute atomic E-state index is 5.75. The SMILES string of the molecule is C.C#CC1(C)c2ccccc2-c2ccccc21.CC.CC.CC.CC.CC1c2ccccc2-c2ccccc21. The molecule has 0 heteroatoms. The molecule has 0 aromatic heterocycles. The first kappa shape index (κ1) is 35.4. The van der Waals surface area contributed by atoms with E-state index in [-0.39, 0.29) is 12.8 Å². The zero-order chi connectivity index (χ0) is 28.7. The van der Waals surface area contributed by atoms with Gasteiger partial charge in [0.2, 0.25) is 0 Å². The van der Waals surface area contributed by atoms with Crippen molar-refractivity contribution in [2.45, 2.75) is 88.0 Å². The number of hydrogen-bond donors (Lipinski definition) is 0. The molecule has 208 valence electrons. The van der Waals surface area contributed by atoms with E-state index in [2.05, 4.69) is 117 Å². The normalized spacial score (nSPS) is 11.7. The predicted molar refractivity (Wildman–Crippen MR) is 179 cm³/mol. The van der Waals surface area contributed by atoms with Crippen LogP contribution in [0, 0.1) is 12.3 Å². The van der Waals surface area contributed by atoms with Crippen LogP contribution in [-0.4, -0.2) is 0 Å². The Labute approximate surface area is 241 Å². The van der Waals surface area contributed by atoms with E-state index in [0.717, 1.165) is 0 Å². The highest BCUT2D eigenvalue weighted by Gasteiger charge is 2.37. The molecule has 0 N–H and O–H groups in total. The maximum Gasteiger partial charge on any atom is 0.0793 e. The highest BCUT2D eigenvalue weighted by Crippen LogP contribution is 2.48. The van der Waals surface area contributed by atoms with Crippen molar-refractivity contribution < 1.29 is 0 Å². The van der Waals surface area contributed by atoms with Gasteiger partial charge in [0.25, 0.3) is 0 Å². The van der Waals surface area contributed by atoms with Crippen LogP contribution < -0.4 is 0 Å². The average molecular weight is 521 g/mol. The average Bonchev–Trinajstić information content (AvgIpc) is 3.47. The lowest BCUT2D eigenvalue weighted by atomic mass is 9.81. The number of terminal acetylenes is 1. The first-order valence-corrected chi connectivity index (χ1v) is 14.5. The Morgan fingerprint density at radius 3 is 1.13 bits per heavy atom. The molecule has 0 atom stereocenters. The molecule has 0 bridgehead atoms. The van der Waals surface area contributed by atoms with Gasteiger partial charge in [0.1, 0.15) is 0 Å². The second-order valence-corrected chi connectivity index (χ2v) is 8.26. The second-order valence-electron chi connectivity index (χ2n) is 8.26. The van der Waals surface area contributed by atoms with Crippen LogP contribution in [0.5, 0.6) is 0 Å². The summed E-state index contributed by atoms with van der Waals surface area (Å²) < 4.78 is 0. The van der Waals surface area contributed by atoms with Crippen molar-refractivity contribution in [2.24, 2.45) is 0 Å². The van der Waals surface area contributed by atoms with Crippen LogP contribution in [0.4, 0.5) is 0 Å². The fraction of sp³-hybridized carbons (Fsp3) is 0.333. The topological polar surface area (TPSA) is 0 Å². The lowest BCUT2D eigenvalue weighted by molar-refractivity contribution is 0.779. The van der Waals surface area contributed by atoms with E-state index < -0.39 is 0 Å². The molecule has 0 spiro atoms. The molecule has 4 aromatic carbocycles. The molecule has 2 aliphatic carbocycles. The summed E-state index contributed by atoms with van der Waals surface area (Å²) in [6, 6.07) is 34.2. The summed E-state index contributed by atoms with van der Waals surface area (Å²) in [6.07, 6.45) is 5.75. The second kappa shape index (κ2) is 17.9. The van der Waals surface area contributed by atoms with Crippen LogP contribution >= 0.6 is 0 Å². The quantitative estimate of drug-likeness (QED) is 0.202. The van der Waals surface area contributed by atoms with Gasteiger partial charge in [0.15, 0.2) is 0 Å². The van der Waals surface area contributed by atoms with E-state index in [1.54, 1.807) is 0 Å². The Kier molecular flexibility index (Phi) is 16.2. The van der Waals surface area contributed by atoms with Gasteiger partial charge in [-0.1, -0.05) is 173 Å². The minimum atomic E-state index is -0.271. The highest BCUT2D eigenvalue weighted by molar-refractivity contribution is 5.82. The largest absolute Gasteiger partial charge is 0.119 e. The maximum atomic E-state index is 5.75. The van der Waals surface area contributed by atoms with Gasteiger partial charge in [0, 0.05) is 5.92 Å². The van der Waals surface area contributed by atoms with E-state index in [1.807, 2.05) is 55.4 Å². The molecule has 0 heterocycles. The molecule has 0 fully saturated rings. The molecule has 0 aliphatic heterocycles. The fourth-order valence-corrected chi connectivity index (χ4v) is 5.02. The van der Waals surface area contributed by atoms with Crippen molar-refractivity contribution in [3.8, 4) is 34.6 Å². The minimum absolute atomic E-state index is 0. The molecule has 4 aromatic rings. The first-order chi connectivity index (χ1) is 18.6. The molecule has 6 rings (SSSR count). The van der Waals surface area contributed by atoms with Gasteiger partial charge in [-0.25, -0.2) is 0 Å². The van der Waals surface area contributed by atoms with Gasteiger partial charge in [-0.15, -0.1) is 6.42 Å². The monoisotopic (exact) mass is 520 g/mol. The van der Waals surface area contributed by atoms with Crippen LogP contribution in [0.3, 0.4) is 0 Å². The lowest BCUT2D eigenvalue weighted by Gasteiger charge is -2.19. The summed E-state index contributed by atoms with van der Waals surface area (Å²) >= 11 is 0. The van der Waals surface area contributed by atoms with Gasteiger partial charge in [-0.05, 0) is 51.4 Å². The molecule has 0 amide bonds. The third-order valence-electron chi connectivity index (χ3n) is 6.66. The number of hydrogen-bond acceptors (Lipinski definition) is 0. The van der Waals surface area contributed by atoms with Crippen molar-refractivity contribution in [3.63, 3.8) is 0 Å². The summed E-state index contributed by atoms with van der Waals surface area (Å²) in [4.78, 5) is 0. The van der Waals surface area contributed by atoms with E-state index in [4.69, 9.17) is 6.42 Å². The summed E-state index contributed by atoms with van der Waals surface area (Å²) in [7, 11) is 0. The summed E-state index contributed by atoms with van der Waals surface area (Å²) in [5, 5.41) is 0. The summed E-state index contributed by atoms with van der Waals surface area (Å²) in [5.41, 5.74) is 10.5. The zero-order valence-corrected chi connectivity index (χ0v) is 25.4. The van der Waals surface area contributed by atoms with Gasteiger partial charge in [-0.3, -0.25) is 0 Å². The van der Waals surface area contributed by atoms with Gasteiger partial charge in [0.05, 0.1) is 5.41 Å². The molecular weight excluding hydrogens is 468 g/mol. The van der Waals surface area contributed by atoms with Gasteiger partial charge < -0.3 is 0 Å². The summed E-state index contributed by atoms with van der Waals surface area (Å²) in [5.74, 6) is 3.51. The smallest absolute Gasteiger partial charge is 0.0793 e. The molecule has 0 unspecified atom stereocenters. The van der Waals surface area contributed by atoms with Crippen LogP contribution in [0.2, 0.25) is 0 Å². The lowest BCUT2D eigenvalue weighted by Crippen LogP contribution is -2.17. The Bertz CT molecular complexity index is 1190. The zero-order valence-electron chi connectivity index (χ0n) is 25.4. The predicted octanol–water partition coefficient (Wildman–Crippen LogP) is 12.2. The van der Waals surface area contributed by atoms with E-state index in [9.17, 15) is 0 Å². The number of rotatable bonds is 0. The highest BCUT2D eigenvalue weighted by atomic mass is 14.4. The Balaban J connectivity index is 0.000000582.